The monoisotopic (exact) mass is 2200 g/mol. The third kappa shape index (κ3) is 25.9. The molecule has 4 aromatic heterocycles. The molecule has 18 aromatic carbocycles. The van der Waals surface area contributed by atoms with Gasteiger partial charge in [-0.25, -0.2) is 4.39 Å². The molecule has 0 amide bonds. The molecule has 6 N–H and O–H groups in total. The molecule has 0 aliphatic carbocycles. The van der Waals surface area contributed by atoms with Crippen molar-refractivity contribution < 1.29 is 4.39 Å². The number of benzene rings is 18. The molecular weight excluding hydrogens is 2120 g/mol. The Balaban J connectivity index is 0.000000125. The summed E-state index contributed by atoms with van der Waals surface area (Å²) in [7, 11) is 0. The fraction of sp³-hybridized carbons (Fsp3) is 0.0172. The maximum atomic E-state index is 12.4. The van der Waals surface area contributed by atoms with Gasteiger partial charge in [-0.1, -0.05) is 341 Å². The first-order valence-electron chi connectivity index (χ1n) is 42.8. The summed E-state index contributed by atoms with van der Waals surface area (Å²) in [4.78, 5) is 9.39. The highest BCUT2D eigenvalue weighted by Gasteiger charge is 2.23. The summed E-state index contributed by atoms with van der Waals surface area (Å²) in [5, 5.41) is 14.8. The van der Waals surface area contributed by atoms with Gasteiger partial charge in [0, 0.05) is 140 Å². The Kier molecular flexibility index (Phi) is 34.3. The first kappa shape index (κ1) is 96.1. The van der Waals surface area contributed by atoms with Gasteiger partial charge >= 0.3 is 0 Å². The number of halogens is 7. The molecule has 0 aliphatic rings. The second kappa shape index (κ2) is 47.9. The van der Waals surface area contributed by atoms with Crippen molar-refractivity contribution in [1.82, 2.24) is 0 Å². The number of hydrogen-bond donors (Lipinski definition) is 4. The highest BCUT2D eigenvalue weighted by Crippen LogP contribution is 2.48. The van der Waals surface area contributed by atoms with Gasteiger partial charge in [0.25, 0.3) is 0 Å². The van der Waals surface area contributed by atoms with E-state index >= 15 is 0 Å². The third-order valence-corrected chi connectivity index (χ3v) is 29.1. The van der Waals surface area contributed by atoms with Crippen LogP contribution in [0.2, 0.25) is 0 Å². The van der Waals surface area contributed by atoms with Crippen molar-refractivity contribution >= 4 is 287 Å². The molecule has 0 saturated heterocycles. The zero-order valence-electron chi connectivity index (χ0n) is 72.9. The number of nitrogen functional groups attached to an aromatic ring is 2. The van der Waals surface area contributed by atoms with E-state index in [9.17, 15) is 4.39 Å². The van der Waals surface area contributed by atoms with E-state index in [1.807, 2.05) is 198 Å². The Hall–Kier alpha value is -12.5. The molecule has 7 nitrogen and oxygen atoms in total. The Labute approximate surface area is 848 Å². The molecule has 0 radical (unpaired) electrons. The summed E-state index contributed by atoms with van der Waals surface area (Å²) in [6, 6.07) is 156. The number of fused-ring (bicyclic) bond motifs is 8. The predicted molar refractivity (Wildman–Crippen MR) is 605 cm³/mol. The minimum atomic E-state index is -0.240. The molecule has 22 aromatic rings. The van der Waals surface area contributed by atoms with Crippen LogP contribution in [-0.2, 0) is 0 Å². The summed E-state index contributed by atoms with van der Waals surface area (Å²) in [5.41, 5.74) is 28.1. The smallest absolute Gasteiger partial charge is 0.125 e. The van der Waals surface area contributed by atoms with Gasteiger partial charge < -0.3 is 36.8 Å². The van der Waals surface area contributed by atoms with E-state index < -0.39 is 0 Å². The number of thiophene rings is 4. The average molecular weight is 2210 g/mol. The topological polar surface area (TPSA) is 85.8 Å². The van der Waals surface area contributed by atoms with E-state index in [0.29, 0.717) is 0 Å². The first-order chi connectivity index (χ1) is 65.4. The van der Waals surface area contributed by atoms with Crippen LogP contribution in [-0.4, -0.2) is 0 Å². The maximum absolute atomic E-state index is 12.4. The lowest BCUT2D eigenvalue weighted by atomic mass is 10.1. The molecule has 0 spiro atoms. The normalized spacial score (nSPS) is 10.5. The maximum Gasteiger partial charge on any atom is 0.125 e. The van der Waals surface area contributed by atoms with Gasteiger partial charge in [0.2, 0.25) is 0 Å². The van der Waals surface area contributed by atoms with Gasteiger partial charge in [-0.15, -0.1) is 45.3 Å². The molecule has 4 heterocycles. The van der Waals surface area contributed by atoms with Crippen LogP contribution in [0.25, 0.3) is 66.2 Å². The molecule has 0 aliphatic heterocycles. The van der Waals surface area contributed by atoms with E-state index in [2.05, 4.69) is 420 Å². The lowest BCUT2D eigenvalue weighted by Crippen LogP contribution is -2.14. The van der Waals surface area contributed by atoms with Crippen LogP contribution < -0.4 is 36.8 Å². The van der Waals surface area contributed by atoms with Crippen molar-refractivity contribution in [2.75, 3.05) is 36.8 Å². The van der Waals surface area contributed by atoms with Crippen LogP contribution in [0.3, 0.4) is 0 Å². The Morgan fingerprint density at radius 2 is 0.657 bits per heavy atom. The van der Waals surface area contributed by atoms with E-state index in [1.165, 1.54) is 98.9 Å². The van der Waals surface area contributed by atoms with Crippen molar-refractivity contribution in [1.29, 1.82) is 0 Å². The standard InChI is InChI=1S/C34H27BrN2S.C22H15Br2NS.C18H13NS.C12H7BrS.C12H11N.C6H3Br2F.2C6H7N/c1-24-25(2)38-34-32(24)19-12-20-33(34)37(29-17-10-5-11-18-29)31-22-26(35)21-30(23-31)36(27-13-6-3-7-14-27)28-15-8-4-9-16-28;1-15(22-11-16-7-5-6-10-21(16)26-22)25(19-8-3-2-4-9-19)20-13-17(23)12-18(24)14-20;1-2-7-13(8-3-1)19-16-11-6-10-15-14-9-4-5-12-17(14)20-18(15)16;13-10-6-3-5-9-8-4-1-2-7-11(8)14-12(9)10;1-3-7-11(8-4-1)13-12-9-5-2-6-10-12;7-4-1-5(8)3-6(9)2-4;2*7-6-4-2-1-3-5-6/h3-23H,1-2H3;2-14H,1H2;1-12,19H;1-7H;1-10,13H;1-3H;2*1-5H,7H2. The third-order valence-electron chi connectivity index (χ3n) is 21.0. The number of para-hydroxylation sites is 9. The van der Waals surface area contributed by atoms with Crippen LogP contribution in [0.5, 0.6) is 0 Å². The van der Waals surface area contributed by atoms with E-state index in [4.69, 9.17) is 11.5 Å². The fourth-order valence-electron chi connectivity index (χ4n) is 14.8. The molecule has 22 rings (SSSR count). The van der Waals surface area contributed by atoms with Gasteiger partial charge in [-0.3, -0.25) is 0 Å². The highest BCUT2D eigenvalue weighted by molar-refractivity contribution is 9.11. The molecule has 18 heteroatoms. The van der Waals surface area contributed by atoms with Crippen LogP contribution in [0, 0.1) is 19.7 Å². The fourth-order valence-corrected chi connectivity index (χ4v) is 22.8. The van der Waals surface area contributed by atoms with Gasteiger partial charge in [-0.2, -0.15) is 0 Å². The number of rotatable bonds is 14. The second-order valence-corrected chi connectivity index (χ2v) is 40.3. The zero-order valence-corrected chi connectivity index (χ0v) is 85.6. The molecule has 134 heavy (non-hydrogen) atoms. The summed E-state index contributed by atoms with van der Waals surface area (Å²) >= 11 is 28.3. The number of anilines is 14. The minimum absolute atomic E-state index is 0.240. The van der Waals surface area contributed by atoms with Gasteiger partial charge in [-0.05, 0) is 252 Å². The number of nitrogens with zero attached hydrogens (tertiary/aromatic N) is 3. The summed E-state index contributed by atoms with van der Waals surface area (Å²) in [5.74, 6) is -0.240. The van der Waals surface area contributed by atoms with Crippen molar-refractivity contribution in [3.63, 3.8) is 0 Å². The quantitative estimate of drug-likeness (QED) is 0.0807. The number of aryl methyl sites for hydroxylation is 2. The largest absolute Gasteiger partial charge is 0.399 e. The van der Waals surface area contributed by atoms with E-state index in [1.54, 1.807) is 17.4 Å². The molecule has 662 valence electrons. The van der Waals surface area contributed by atoms with Crippen molar-refractivity contribution in [3.05, 3.63) is 516 Å². The van der Waals surface area contributed by atoms with E-state index in [0.717, 1.165) is 101 Å². The Morgan fingerprint density at radius 3 is 1.13 bits per heavy atom. The summed E-state index contributed by atoms with van der Waals surface area (Å²) in [6.45, 7) is 8.87. The minimum Gasteiger partial charge on any atom is -0.399 e. The Morgan fingerprint density at radius 1 is 0.291 bits per heavy atom. The molecule has 0 bridgehead atoms. The van der Waals surface area contributed by atoms with Gasteiger partial charge in [0.15, 0.2) is 0 Å². The van der Waals surface area contributed by atoms with Crippen LogP contribution in [0.15, 0.2) is 494 Å². The first-order valence-corrected chi connectivity index (χ1v) is 50.9. The SMILES string of the molecule is Brc1cccc2c1sc1ccccc12.C=C(c1cc2ccccc2s1)N(c1ccccc1)c1cc(Br)cc(Br)c1.Cc1sc2c(N(c3ccccc3)c3cc(Br)cc(N(c4ccccc4)c4ccccc4)c3)cccc2c1C.Fc1cc(Br)cc(Br)c1.Nc1ccccc1.Nc1ccccc1.c1ccc(Nc2cccc3c2sc2ccccc23)cc1.c1ccc(Nc2ccccc2)cc1. The molecule has 0 atom stereocenters. The number of nitrogens with one attached hydrogen (secondary N) is 2. The molecule has 0 saturated carbocycles. The molecule has 0 fully saturated rings. The zero-order chi connectivity index (χ0) is 93.1. The number of nitrogens with two attached hydrogens (primary N) is 2. The highest BCUT2D eigenvalue weighted by atomic mass is 79.9. The van der Waals surface area contributed by atoms with E-state index in [-0.39, 0.29) is 5.82 Å². The van der Waals surface area contributed by atoms with Gasteiger partial charge in [0.05, 0.1) is 31.3 Å². The average Bonchev–Trinajstić information content (AvgIpc) is 1.63. The number of hydrogen-bond acceptors (Lipinski definition) is 11. The summed E-state index contributed by atoms with van der Waals surface area (Å²) < 4.78 is 26.0. The van der Waals surface area contributed by atoms with Crippen molar-refractivity contribution in [2.45, 2.75) is 13.8 Å². The van der Waals surface area contributed by atoms with Crippen LogP contribution in [0.4, 0.5) is 84.0 Å². The summed E-state index contributed by atoms with van der Waals surface area (Å²) in [6.07, 6.45) is 0. The lowest BCUT2D eigenvalue weighted by Gasteiger charge is -2.30. The Bertz CT molecular complexity index is 7340. The molecule has 0 unspecified atom stereocenters. The predicted octanol–water partition coefficient (Wildman–Crippen LogP) is 39.4. The van der Waals surface area contributed by atoms with Crippen molar-refractivity contribution in [2.24, 2.45) is 0 Å². The van der Waals surface area contributed by atoms with Crippen LogP contribution >= 0.6 is 141 Å². The van der Waals surface area contributed by atoms with Gasteiger partial charge in [0.1, 0.15) is 5.82 Å². The van der Waals surface area contributed by atoms with Crippen molar-refractivity contribution in [3.8, 4) is 0 Å². The second-order valence-electron chi connectivity index (χ2n) is 30.4. The van der Waals surface area contributed by atoms with Crippen LogP contribution in [0.1, 0.15) is 15.3 Å². The molecular formula is C116H90Br6FN7S4. The lowest BCUT2D eigenvalue weighted by molar-refractivity contribution is 0.626.